The number of hydrogen-bond acceptors (Lipinski definition) is 7. The number of hydrogen-bond donors (Lipinski definition) is 1. The highest BCUT2D eigenvalue weighted by Crippen LogP contribution is 2.28. The summed E-state index contributed by atoms with van der Waals surface area (Å²) in [6.07, 6.45) is 5.73. The van der Waals surface area contributed by atoms with E-state index in [1.165, 1.54) is 18.2 Å². The third kappa shape index (κ3) is 6.60. The van der Waals surface area contributed by atoms with Crippen LogP contribution in [0.25, 0.3) is 10.9 Å². The van der Waals surface area contributed by atoms with Crippen molar-refractivity contribution in [2.75, 3.05) is 43.9 Å². The van der Waals surface area contributed by atoms with E-state index < -0.39 is 0 Å². The molecule has 3 aromatic rings. The van der Waals surface area contributed by atoms with Crippen molar-refractivity contribution in [2.24, 2.45) is 0 Å². The van der Waals surface area contributed by atoms with Crippen LogP contribution in [0.2, 0.25) is 0 Å². The van der Waals surface area contributed by atoms with Gasteiger partial charge in [0.2, 0.25) is 11.8 Å². The number of amides is 2. The molecule has 1 aromatic heterocycles. The van der Waals surface area contributed by atoms with E-state index in [1.807, 2.05) is 41.3 Å². The van der Waals surface area contributed by atoms with Crippen molar-refractivity contribution in [1.29, 1.82) is 0 Å². The van der Waals surface area contributed by atoms with Crippen LogP contribution in [0.3, 0.4) is 0 Å². The molecule has 40 heavy (non-hydrogen) atoms. The number of methoxy groups -OCH3 is 1. The van der Waals surface area contributed by atoms with Crippen molar-refractivity contribution in [3.05, 3.63) is 58.9 Å². The van der Waals surface area contributed by atoms with Crippen LogP contribution in [-0.4, -0.2) is 71.3 Å². The lowest BCUT2D eigenvalue weighted by molar-refractivity contribution is -0.128. The van der Waals surface area contributed by atoms with E-state index in [4.69, 9.17) is 9.72 Å². The first-order valence-corrected chi connectivity index (χ1v) is 15.1. The van der Waals surface area contributed by atoms with Crippen molar-refractivity contribution in [1.82, 2.24) is 19.8 Å². The number of benzene rings is 2. The predicted molar refractivity (Wildman–Crippen MR) is 158 cm³/mol. The van der Waals surface area contributed by atoms with Crippen molar-refractivity contribution in [3.63, 3.8) is 0 Å². The fourth-order valence-electron chi connectivity index (χ4n) is 5.52. The van der Waals surface area contributed by atoms with Gasteiger partial charge >= 0.3 is 0 Å². The molecule has 2 heterocycles. The van der Waals surface area contributed by atoms with Gasteiger partial charge in [0, 0.05) is 45.2 Å². The molecule has 2 amide bonds. The van der Waals surface area contributed by atoms with Crippen molar-refractivity contribution < 1.29 is 14.3 Å². The molecule has 1 saturated carbocycles. The van der Waals surface area contributed by atoms with Crippen molar-refractivity contribution >= 4 is 40.2 Å². The Morgan fingerprint density at radius 2 is 1.73 bits per heavy atom. The van der Waals surface area contributed by atoms with Gasteiger partial charge in [-0.15, -0.1) is 0 Å². The molecule has 10 heteroatoms. The first-order chi connectivity index (χ1) is 19.5. The molecule has 2 aromatic carbocycles. The second kappa shape index (κ2) is 13.2. The van der Waals surface area contributed by atoms with Gasteiger partial charge in [0.05, 0.1) is 29.5 Å². The molecule has 9 nitrogen and oxygen atoms in total. The van der Waals surface area contributed by atoms with Gasteiger partial charge in [-0.2, -0.15) is 0 Å². The third-order valence-corrected chi connectivity index (χ3v) is 8.70. The average Bonchev–Trinajstić information content (AvgIpc) is 3.00. The summed E-state index contributed by atoms with van der Waals surface area (Å²) in [4.78, 5) is 48.1. The lowest BCUT2D eigenvalue weighted by atomic mass is 9.95. The topological polar surface area (TPSA) is 96.8 Å². The number of nitrogens with one attached hydrogen (secondary N) is 1. The fourth-order valence-corrected chi connectivity index (χ4v) is 6.45. The van der Waals surface area contributed by atoms with Crippen LogP contribution in [0.4, 0.5) is 5.69 Å². The molecule has 5 rings (SSSR count). The molecule has 1 saturated heterocycles. The minimum absolute atomic E-state index is 0.00803. The van der Waals surface area contributed by atoms with Crippen LogP contribution in [0, 0.1) is 0 Å². The van der Waals surface area contributed by atoms with Gasteiger partial charge in [-0.05, 0) is 37.1 Å². The monoisotopic (exact) mass is 563 g/mol. The number of rotatable bonds is 9. The average molecular weight is 564 g/mol. The van der Waals surface area contributed by atoms with E-state index >= 15 is 0 Å². The van der Waals surface area contributed by atoms with E-state index in [0.29, 0.717) is 42.2 Å². The van der Waals surface area contributed by atoms with Crippen molar-refractivity contribution in [3.8, 4) is 5.75 Å². The minimum atomic E-state index is -0.184. The zero-order valence-corrected chi connectivity index (χ0v) is 23.8. The number of carbonyl (C=O) groups excluding carboxylic acids is 2. The minimum Gasteiger partial charge on any atom is -0.495 e. The van der Waals surface area contributed by atoms with Gasteiger partial charge in [0.25, 0.3) is 5.56 Å². The number of para-hydroxylation sites is 3. The number of piperazine rings is 1. The highest BCUT2D eigenvalue weighted by atomic mass is 32.2. The number of carbonyl (C=O) groups is 2. The Balaban J connectivity index is 1.23. The van der Waals surface area contributed by atoms with Gasteiger partial charge < -0.3 is 19.9 Å². The Morgan fingerprint density at radius 1 is 1.00 bits per heavy atom. The fraction of sp³-hybridized carbons (Fsp3) is 0.467. The maximum atomic E-state index is 13.4. The van der Waals surface area contributed by atoms with Crippen LogP contribution < -0.4 is 20.5 Å². The molecule has 1 aliphatic heterocycles. The van der Waals surface area contributed by atoms with Gasteiger partial charge in [-0.1, -0.05) is 55.3 Å². The standard InChI is InChI=1S/C30H37N5O4S/c1-39-26-14-8-7-13-25(26)33-17-19-34(20-18-33)28(37)21-40-30-32-24-12-6-5-11-23(24)29(38)35(30)16-15-27(36)31-22-9-3-2-4-10-22/h5-8,11-14,22H,2-4,9-10,15-21H2,1H3,(H,31,36). The van der Waals surface area contributed by atoms with E-state index in [0.717, 1.165) is 37.1 Å². The smallest absolute Gasteiger partial charge is 0.262 e. The molecule has 0 atom stereocenters. The SMILES string of the molecule is COc1ccccc1N1CCN(C(=O)CSc2nc3ccccc3c(=O)n2CCC(=O)NC2CCCCC2)CC1. The van der Waals surface area contributed by atoms with Crippen LogP contribution in [0.5, 0.6) is 5.75 Å². The van der Waals surface area contributed by atoms with Crippen molar-refractivity contribution in [2.45, 2.75) is 56.3 Å². The van der Waals surface area contributed by atoms with Crippen LogP contribution in [-0.2, 0) is 16.1 Å². The molecule has 0 radical (unpaired) electrons. The Labute approximate surface area is 238 Å². The first-order valence-electron chi connectivity index (χ1n) is 14.1. The summed E-state index contributed by atoms with van der Waals surface area (Å²) in [5.74, 6) is 0.958. The predicted octanol–water partition coefficient (Wildman–Crippen LogP) is 3.69. The summed E-state index contributed by atoms with van der Waals surface area (Å²) in [7, 11) is 1.67. The number of ether oxygens (including phenoxy) is 1. The third-order valence-electron chi connectivity index (χ3n) is 7.74. The van der Waals surface area contributed by atoms with Gasteiger partial charge in [0.15, 0.2) is 5.16 Å². The first kappa shape index (κ1) is 28.0. The zero-order chi connectivity index (χ0) is 27.9. The largest absolute Gasteiger partial charge is 0.495 e. The molecule has 2 fully saturated rings. The van der Waals surface area contributed by atoms with Gasteiger partial charge in [0.1, 0.15) is 5.75 Å². The Morgan fingerprint density at radius 3 is 2.50 bits per heavy atom. The van der Waals surface area contributed by atoms with E-state index in [9.17, 15) is 14.4 Å². The normalized spacial score (nSPS) is 16.2. The molecular formula is C30H37N5O4S. The molecule has 212 valence electrons. The summed E-state index contributed by atoms with van der Waals surface area (Å²) in [6, 6.07) is 15.4. The maximum absolute atomic E-state index is 13.4. The summed E-state index contributed by atoms with van der Waals surface area (Å²) in [5.41, 5.74) is 1.44. The number of anilines is 1. The Bertz CT molecular complexity index is 1400. The van der Waals surface area contributed by atoms with Gasteiger partial charge in [-0.25, -0.2) is 4.98 Å². The highest BCUT2D eigenvalue weighted by Gasteiger charge is 2.24. The Kier molecular flexibility index (Phi) is 9.26. The number of thioether (sulfide) groups is 1. The Hall–Kier alpha value is -3.53. The quantitative estimate of drug-likeness (QED) is 0.313. The number of fused-ring (bicyclic) bond motifs is 1. The molecular weight excluding hydrogens is 526 g/mol. The maximum Gasteiger partial charge on any atom is 0.262 e. The summed E-state index contributed by atoms with van der Waals surface area (Å²) >= 11 is 1.26. The molecule has 0 spiro atoms. The zero-order valence-electron chi connectivity index (χ0n) is 23.0. The highest BCUT2D eigenvalue weighted by molar-refractivity contribution is 7.99. The lowest BCUT2D eigenvalue weighted by Crippen LogP contribution is -2.49. The second-order valence-electron chi connectivity index (χ2n) is 10.3. The van der Waals surface area contributed by atoms with E-state index in [-0.39, 0.29) is 42.1 Å². The number of aromatic nitrogens is 2. The summed E-state index contributed by atoms with van der Waals surface area (Å²) in [6.45, 7) is 2.87. The van der Waals surface area contributed by atoms with E-state index in [1.54, 1.807) is 23.8 Å². The molecule has 0 unspecified atom stereocenters. The van der Waals surface area contributed by atoms with Crippen LogP contribution in [0.1, 0.15) is 38.5 Å². The summed E-state index contributed by atoms with van der Waals surface area (Å²) < 4.78 is 7.05. The number of nitrogens with zero attached hydrogens (tertiary/aromatic N) is 4. The second-order valence-corrected chi connectivity index (χ2v) is 11.3. The molecule has 0 bridgehead atoms. The lowest BCUT2D eigenvalue weighted by Gasteiger charge is -2.36. The molecule has 1 aliphatic carbocycles. The van der Waals surface area contributed by atoms with Crippen LogP contribution in [0.15, 0.2) is 58.5 Å². The molecule has 1 N–H and O–H groups in total. The van der Waals surface area contributed by atoms with Crippen LogP contribution >= 0.6 is 11.8 Å². The van der Waals surface area contributed by atoms with E-state index in [2.05, 4.69) is 10.2 Å². The summed E-state index contributed by atoms with van der Waals surface area (Å²) in [5, 5.41) is 4.11. The molecule has 2 aliphatic rings. The van der Waals surface area contributed by atoms with Gasteiger partial charge in [-0.3, -0.25) is 19.0 Å².